The predicted octanol–water partition coefficient (Wildman–Crippen LogP) is -4.91. The van der Waals surface area contributed by atoms with Crippen molar-refractivity contribution in [3.05, 3.63) is 34.9 Å². The van der Waals surface area contributed by atoms with Crippen LogP contribution in [0, 0.1) is 0 Å². The van der Waals surface area contributed by atoms with Gasteiger partial charge in [0.2, 0.25) is 0 Å². The summed E-state index contributed by atoms with van der Waals surface area (Å²) in [6.45, 7) is 0.721. The Hall–Kier alpha value is -1.23. The van der Waals surface area contributed by atoms with Crippen LogP contribution < -0.4 is 41.6 Å². The van der Waals surface area contributed by atoms with Gasteiger partial charge in [-0.2, -0.15) is 26.3 Å². The summed E-state index contributed by atoms with van der Waals surface area (Å²) in [6.07, 6.45) is -8.58. The van der Waals surface area contributed by atoms with Gasteiger partial charge >= 0.3 is 12.4 Å². The number of rotatable bonds is 6. The molecule has 0 heterocycles. The molecule has 1 atom stereocenters. The van der Waals surface area contributed by atoms with Crippen LogP contribution in [0.1, 0.15) is 34.3 Å². The predicted molar refractivity (Wildman–Crippen MR) is 72.4 cm³/mol. The van der Waals surface area contributed by atoms with Crippen LogP contribution in [0.25, 0.3) is 0 Å². The van der Waals surface area contributed by atoms with Crippen LogP contribution in [0.5, 0.6) is 0 Å². The molecule has 4 nitrogen and oxygen atoms in total. The molecule has 1 aromatic carbocycles. The van der Waals surface area contributed by atoms with Gasteiger partial charge in [-0.05, 0) is 18.2 Å². The lowest BCUT2D eigenvalue weighted by Gasteiger charge is -2.14. The second kappa shape index (κ2) is 10.8. The van der Waals surface area contributed by atoms with Crippen molar-refractivity contribution in [1.82, 2.24) is 5.32 Å². The molecule has 0 radical (unpaired) electrons. The Morgan fingerprint density at radius 2 is 1.46 bits per heavy atom. The van der Waals surface area contributed by atoms with Gasteiger partial charge in [-0.25, -0.2) is 0 Å². The molecule has 7 N–H and O–H groups in total. The molecule has 26 heavy (non-hydrogen) atoms. The van der Waals surface area contributed by atoms with E-state index in [0.29, 0.717) is 25.1 Å². The maximum Gasteiger partial charge on any atom is 0.416 e. The maximum atomic E-state index is 12.7. The third-order valence-corrected chi connectivity index (χ3v) is 3.26. The molecule has 1 aromatic rings. The number of quaternary nitrogens is 2. The third-order valence-electron chi connectivity index (χ3n) is 3.26. The van der Waals surface area contributed by atoms with Crippen molar-refractivity contribution in [1.29, 1.82) is 0 Å². The molecule has 0 aliphatic heterocycles. The first-order chi connectivity index (χ1) is 10.9. The fourth-order valence-electron chi connectivity index (χ4n) is 1.96. The van der Waals surface area contributed by atoms with E-state index >= 15 is 0 Å². The van der Waals surface area contributed by atoms with Crippen LogP contribution >= 0.6 is 0 Å². The molecule has 1 amide bonds. The zero-order valence-corrected chi connectivity index (χ0v) is 15.0. The lowest BCUT2D eigenvalue weighted by molar-refractivity contribution is -0.423. The minimum absolute atomic E-state index is 0. The SMILES string of the molecule is [Cl-].[Cl-].[NH3+]CCC[C@@H]([NH3+])CNC(=O)c1cc(C(F)(F)F)cc(C(F)(F)F)c1. The van der Waals surface area contributed by atoms with Gasteiger partial charge in [0.25, 0.3) is 5.91 Å². The number of halogens is 8. The first kappa shape index (κ1) is 27.0. The molecule has 0 aliphatic rings. The molecule has 0 spiro atoms. The Morgan fingerprint density at radius 3 is 1.85 bits per heavy atom. The molecule has 0 unspecified atom stereocenters. The normalized spacial score (nSPS) is 12.6. The lowest BCUT2D eigenvalue weighted by Crippen LogP contribution is -3.00. The average molecular weight is 430 g/mol. The Morgan fingerprint density at radius 1 is 1.00 bits per heavy atom. The van der Waals surface area contributed by atoms with Crippen molar-refractivity contribution in [2.24, 2.45) is 0 Å². The van der Waals surface area contributed by atoms with Crippen LogP contribution in [0.3, 0.4) is 0 Å². The number of carbonyl (C=O) groups excluding carboxylic acids is 1. The average Bonchev–Trinajstić information content (AvgIpc) is 2.48. The van der Waals surface area contributed by atoms with Crippen molar-refractivity contribution < 1.29 is 67.4 Å². The van der Waals surface area contributed by atoms with Crippen LogP contribution in [0.2, 0.25) is 0 Å². The zero-order chi connectivity index (χ0) is 18.5. The highest BCUT2D eigenvalue weighted by Crippen LogP contribution is 2.36. The minimum Gasteiger partial charge on any atom is -1.00 e. The number of hydrogen-bond acceptors (Lipinski definition) is 1. The van der Waals surface area contributed by atoms with Gasteiger partial charge in [-0.15, -0.1) is 0 Å². The van der Waals surface area contributed by atoms with E-state index in [1.54, 1.807) is 0 Å². The summed E-state index contributed by atoms with van der Waals surface area (Å²) in [6, 6.07) is 0.579. The van der Waals surface area contributed by atoms with Gasteiger partial charge in [0.15, 0.2) is 0 Å². The molecule has 0 saturated carbocycles. The van der Waals surface area contributed by atoms with Crippen molar-refractivity contribution >= 4 is 5.91 Å². The highest BCUT2D eigenvalue weighted by Gasteiger charge is 2.37. The van der Waals surface area contributed by atoms with Crippen molar-refractivity contribution in [3.8, 4) is 0 Å². The Bertz CT molecular complexity index is 549. The van der Waals surface area contributed by atoms with Gasteiger partial charge in [0.05, 0.1) is 24.2 Å². The summed E-state index contributed by atoms with van der Waals surface area (Å²) < 4.78 is 76.4. The standard InChI is InChI=1S/C14H17F6N3O.2ClH/c15-13(16,17)9-4-8(5-10(6-9)14(18,19)20)12(24)23-7-11(22)2-1-3-21;;/h4-6,11H,1-3,7,21-22H2,(H,23,24);2*1H/t11-;;/m1../s1. The van der Waals surface area contributed by atoms with Gasteiger partial charge in [-0.3, -0.25) is 4.79 Å². The fraction of sp³-hybridized carbons (Fsp3) is 0.500. The Kier molecular flexibility index (Phi) is 11.2. The van der Waals surface area contributed by atoms with E-state index in [2.05, 4.69) is 16.8 Å². The van der Waals surface area contributed by atoms with E-state index in [0.717, 1.165) is 6.42 Å². The zero-order valence-electron chi connectivity index (χ0n) is 13.5. The number of hydrogen-bond donors (Lipinski definition) is 3. The number of carbonyl (C=O) groups is 1. The molecule has 12 heteroatoms. The van der Waals surface area contributed by atoms with E-state index in [1.165, 1.54) is 0 Å². The molecule has 0 aromatic heterocycles. The maximum absolute atomic E-state index is 12.7. The summed E-state index contributed by atoms with van der Waals surface area (Å²) in [4.78, 5) is 11.9. The second-order valence-corrected chi connectivity index (χ2v) is 5.37. The summed E-state index contributed by atoms with van der Waals surface area (Å²) in [5.41, 5.74) is 3.65. The van der Waals surface area contributed by atoms with Gasteiger partial charge in [-0.1, -0.05) is 0 Å². The Balaban J connectivity index is 0. The van der Waals surface area contributed by atoms with Crippen LogP contribution in [-0.4, -0.2) is 25.0 Å². The number of benzene rings is 1. The Labute approximate surface area is 158 Å². The molecular formula is C14H19Cl2F6N3O. The molecule has 152 valence electrons. The van der Waals surface area contributed by atoms with Crippen molar-refractivity contribution in [2.75, 3.05) is 13.1 Å². The van der Waals surface area contributed by atoms with Gasteiger partial charge in [0, 0.05) is 18.4 Å². The fourth-order valence-corrected chi connectivity index (χ4v) is 1.96. The highest BCUT2D eigenvalue weighted by molar-refractivity contribution is 5.94. The summed E-state index contributed by atoms with van der Waals surface area (Å²) in [5.74, 6) is -1.00. The summed E-state index contributed by atoms with van der Waals surface area (Å²) >= 11 is 0. The largest absolute Gasteiger partial charge is 1.00 e. The molecule has 1 rings (SSSR count). The molecule has 0 fully saturated rings. The van der Waals surface area contributed by atoms with E-state index in [9.17, 15) is 31.1 Å². The second-order valence-electron chi connectivity index (χ2n) is 5.37. The number of nitrogens with one attached hydrogen (secondary N) is 1. The molecule has 0 bridgehead atoms. The smallest absolute Gasteiger partial charge is 0.416 e. The quantitative estimate of drug-likeness (QED) is 0.389. The molecule has 0 saturated heterocycles. The number of alkyl halides is 6. The van der Waals surface area contributed by atoms with E-state index in [4.69, 9.17) is 0 Å². The van der Waals surface area contributed by atoms with Crippen LogP contribution in [-0.2, 0) is 12.4 Å². The molecule has 0 aliphatic carbocycles. The van der Waals surface area contributed by atoms with Crippen LogP contribution in [0.15, 0.2) is 18.2 Å². The first-order valence-corrected chi connectivity index (χ1v) is 7.15. The van der Waals surface area contributed by atoms with E-state index in [-0.39, 0.29) is 43.5 Å². The number of amides is 1. The van der Waals surface area contributed by atoms with Gasteiger partial charge in [0.1, 0.15) is 6.04 Å². The summed E-state index contributed by atoms with van der Waals surface area (Å²) in [7, 11) is 0. The van der Waals surface area contributed by atoms with Crippen molar-refractivity contribution in [3.63, 3.8) is 0 Å². The minimum atomic E-state index is -4.99. The van der Waals surface area contributed by atoms with E-state index < -0.39 is 35.0 Å². The highest BCUT2D eigenvalue weighted by atomic mass is 35.5. The topological polar surface area (TPSA) is 84.4 Å². The molecular weight excluding hydrogens is 411 g/mol. The lowest BCUT2D eigenvalue weighted by atomic mass is 10.0. The monoisotopic (exact) mass is 429 g/mol. The van der Waals surface area contributed by atoms with Crippen molar-refractivity contribution in [2.45, 2.75) is 31.2 Å². The van der Waals surface area contributed by atoms with Crippen LogP contribution in [0.4, 0.5) is 26.3 Å². The van der Waals surface area contributed by atoms with E-state index in [1.807, 2.05) is 0 Å². The first-order valence-electron chi connectivity index (χ1n) is 7.15. The summed E-state index contributed by atoms with van der Waals surface area (Å²) in [5, 5.41) is 2.31. The third kappa shape index (κ3) is 8.43. The van der Waals surface area contributed by atoms with Gasteiger partial charge < -0.3 is 41.6 Å².